The maximum atomic E-state index is 13.0. The Bertz CT molecular complexity index is 1160. The minimum Gasteiger partial charge on any atom is -0.460 e. The van der Waals surface area contributed by atoms with E-state index in [1.165, 1.54) is 0 Å². The molecule has 1 aliphatic heterocycles. The molecule has 3 aromatic rings. The molecule has 1 aromatic heterocycles. The molecule has 5 rings (SSSR count). The van der Waals surface area contributed by atoms with Crippen LogP contribution in [0, 0.1) is 5.92 Å². The monoisotopic (exact) mass is 357 g/mol. The van der Waals surface area contributed by atoms with Gasteiger partial charge in [0, 0.05) is 23.8 Å². The Hall–Kier alpha value is -3.14. The van der Waals surface area contributed by atoms with Crippen LogP contribution in [0.15, 0.2) is 70.7 Å². The Balaban J connectivity index is 1.86. The van der Waals surface area contributed by atoms with Crippen molar-refractivity contribution in [1.29, 1.82) is 0 Å². The first-order valence-corrected chi connectivity index (χ1v) is 9.27. The minimum atomic E-state index is -0.390. The number of hydrogen-bond donors (Lipinski definition) is 1. The number of para-hydroxylation sites is 1. The summed E-state index contributed by atoms with van der Waals surface area (Å²) in [5.74, 6) is 1.23. The first-order chi connectivity index (χ1) is 13.1. The number of benzene rings is 2. The Kier molecular flexibility index (Phi) is 3.54. The minimum absolute atomic E-state index is 0.0795. The summed E-state index contributed by atoms with van der Waals surface area (Å²) in [5, 5.41) is 0.866. The molecule has 0 amide bonds. The van der Waals surface area contributed by atoms with E-state index in [1.54, 1.807) is 0 Å². The number of fused-ring (bicyclic) bond motifs is 3. The fourth-order valence-electron chi connectivity index (χ4n) is 4.35. The molecule has 0 spiro atoms. The smallest absolute Gasteiger partial charge is 0.256 e. The number of ketones is 1. The maximum absolute atomic E-state index is 13.0. The Morgan fingerprint density at radius 2 is 1.70 bits per heavy atom. The zero-order valence-corrected chi connectivity index (χ0v) is 15.0. The second kappa shape index (κ2) is 5.95. The van der Waals surface area contributed by atoms with Crippen molar-refractivity contribution < 1.29 is 9.53 Å². The van der Waals surface area contributed by atoms with Gasteiger partial charge in [0.2, 0.25) is 0 Å². The van der Waals surface area contributed by atoms with Crippen LogP contribution in [0.2, 0.25) is 0 Å². The Morgan fingerprint density at radius 3 is 2.52 bits per heavy atom. The number of allylic oxidation sites excluding steroid dienone is 2. The van der Waals surface area contributed by atoms with Crippen molar-refractivity contribution in [2.75, 3.05) is 0 Å². The zero-order valence-electron chi connectivity index (χ0n) is 15.0. The highest BCUT2D eigenvalue weighted by atomic mass is 16.5. The number of rotatable bonds is 1. The van der Waals surface area contributed by atoms with Crippen molar-refractivity contribution >= 4 is 16.7 Å². The Labute approximate surface area is 156 Å². The fraction of sp³-hybridized carbons (Fsp3) is 0.217. The molecule has 2 heterocycles. The molecule has 0 bridgehead atoms. The zero-order chi connectivity index (χ0) is 18.5. The van der Waals surface area contributed by atoms with E-state index in [9.17, 15) is 9.59 Å². The predicted octanol–water partition coefficient (Wildman–Crippen LogP) is 4.31. The van der Waals surface area contributed by atoms with Gasteiger partial charge in [0.15, 0.2) is 5.78 Å². The standard InChI is InChI=1S/C23H19NO3/c1-13-11-17(25)20-18(12-13)27-22-15-9-5-6-10-16(15)24-23(26)21(22)19(20)14-7-3-2-4-8-14/h2-10,13,19H,11-12H2,1H3,(H,24,26)/t13-,19+/m1/s1. The molecule has 4 nitrogen and oxygen atoms in total. The molecule has 134 valence electrons. The van der Waals surface area contributed by atoms with Gasteiger partial charge in [-0.3, -0.25) is 9.59 Å². The number of aromatic nitrogens is 1. The van der Waals surface area contributed by atoms with Gasteiger partial charge in [0.1, 0.15) is 11.5 Å². The summed E-state index contributed by atoms with van der Waals surface area (Å²) in [6.07, 6.45) is 1.21. The van der Waals surface area contributed by atoms with E-state index in [0.717, 1.165) is 22.2 Å². The number of hydrogen-bond acceptors (Lipinski definition) is 3. The van der Waals surface area contributed by atoms with Crippen molar-refractivity contribution in [3.8, 4) is 5.75 Å². The normalized spacial score (nSPS) is 21.6. The van der Waals surface area contributed by atoms with Gasteiger partial charge in [-0.2, -0.15) is 0 Å². The SMILES string of the molecule is C[C@@H]1CC(=O)C2=C(C1)Oc1c(c(=O)[nH]c3ccccc13)[C@H]2c1ccccc1. The van der Waals surface area contributed by atoms with E-state index < -0.39 is 5.92 Å². The van der Waals surface area contributed by atoms with Gasteiger partial charge in [-0.1, -0.05) is 49.4 Å². The highest BCUT2D eigenvalue weighted by molar-refractivity contribution is 6.00. The number of Topliss-reactive ketones (excluding diaryl/α,β-unsaturated/α-hetero) is 1. The molecule has 27 heavy (non-hydrogen) atoms. The van der Waals surface area contributed by atoms with Crippen molar-refractivity contribution in [3.63, 3.8) is 0 Å². The molecule has 0 saturated carbocycles. The van der Waals surface area contributed by atoms with Crippen LogP contribution in [0.5, 0.6) is 5.75 Å². The van der Waals surface area contributed by atoms with Crippen molar-refractivity contribution in [2.45, 2.75) is 25.7 Å². The second-order valence-electron chi connectivity index (χ2n) is 7.46. The van der Waals surface area contributed by atoms with E-state index in [-0.39, 0.29) is 17.3 Å². The molecule has 0 unspecified atom stereocenters. The quantitative estimate of drug-likeness (QED) is 0.706. The third-order valence-electron chi connectivity index (χ3n) is 5.51. The molecular formula is C23H19NO3. The predicted molar refractivity (Wildman–Crippen MR) is 104 cm³/mol. The molecule has 1 N–H and O–H groups in total. The van der Waals surface area contributed by atoms with Gasteiger partial charge in [-0.25, -0.2) is 0 Å². The number of ether oxygens (including phenoxy) is 1. The summed E-state index contributed by atoms with van der Waals surface area (Å²) < 4.78 is 6.26. The molecule has 2 aromatic carbocycles. The van der Waals surface area contributed by atoms with E-state index in [1.807, 2.05) is 54.6 Å². The topological polar surface area (TPSA) is 59.2 Å². The highest BCUT2D eigenvalue weighted by Crippen LogP contribution is 2.47. The number of pyridine rings is 1. The van der Waals surface area contributed by atoms with Crippen LogP contribution >= 0.6 is 0 Å². The van der Waals surface area contributed by atoms with E-state index >= 15 is 0 Å². The summed E-state index contributed by atoms with van der Waals surface area (Å²) in [6.45, 7) is 2.06. The number of aromatic amines is 1. The third-order valence-corrected chi connectivity index (χ3v) is 5.51. The maximum Gasteiger partial charge on any atom is 0.256 e. The number of nitrogens with one attached hydrogen (secondary N) is 1. The lowest BCUT2D eigenvalue weighted by molar-refractivity contribution is -0.117. The second-order valence-corrected chi connectivity index (χ2v) is 7.46. The van der Waals surface area contributed by atoms with Gasteiger partial charge in [-0.05, 0) is 23.6 Å². The van der Waals surface area contributed by atoms with Crippen LogP contribution in [0.3, 0.4) is 0 Å². The number of carbonyl (C=O) groups excluding carboxylic acids is 1. The molecule has 0 radical (unpaired) electrons. The summed E-state index contributed by atoms with van der Waals surface area (Å²) >= 11 is 0. The molecule has 2 aliphatic rings. The number of H-pyrrole nitrogens is 1. The van der Waals surface area contributed by atoms with Gasteiger partial charge in [-0.15, -0.1) is 0 Å². The van der Waals surface area contributed by atoms with Crippen molar-refractivity contribution in [1.82, 2.24) is 4.98 Å². The van der Waals surface area contributed by atoms with Crippen LogP contribution in [0.1, 0.15) is 36.8 Å². The van der Waals surface area contributed by atoms with Crippen molar-refractivity contribution in [2.24, 2.45) is 5.92 Å². The van der Waals surface area contributed by atoms with Crippen LogP contribution in [-0.2, 0) is 4.79 Å². The third kappa shape index (κ3) is 2.44. The average Bonchev–Trinajstić information content (AvgIpc) is 2.67. The van der Waals surface area contributed by atoms with Crippen LogP contribution in [0.4, 0.5) is 0 Å². The molecule has 1 aliphatic carbocycles. The van der Waals surface area contributed by atoms with E-state index in [2.05, 4.69) is 11.9 Å². The largest absolute Gasteiger partial charge is 0.460 e. The molecule has 2 atom stereocenters. The first-order valence-electron chi connectivity index (χ1n) is 9.27. The fourth-order valence-corrected chi connectivity index (χ4v) is 4.35. The summed E-state index contributed by atoms with van der Waals surface area (Å²) in [5.41, 5.74) is 2.66. The van der Waals surface area contributed by atoms with Gasteiger partial charge in [0.05, 0.1) is 17.0 Å². The molecule has 0 fully saturated rings. The van der Waals surface area contributed by atoms with Crippen LogP contribution < -0.4 is 10.3 Å². The van der Waals surface area contributed by atoms with E-state index in [0.29, 0.717) is 29.7 Å². The lowest BCUT2D eigenvalue weighted by Crippen LogP contribution is -2.32. The summed E-state index contributed by atoms with van der Waals surface area (Å²) in [4.78, 5) is 29.0. The molecule has 4 heteroatoms. The first kappa shape index (κ1) is 16.1. The lowest BCUT2D eigenvalue weighted by Gasteiger charge is -2.34. The average molecular weight is 357 g/mol. The number of carbonyl (C=O) groups is 1. The Morgan fingerprint density at radius 1 is 0.963 bits per heavy atom. The summed E-state index contributed by atoms with van der Waals surface area (Å²) in [6, 6.07) is 17.4. The van der Waals surface area contributed by atoms with Gasteiger partial charge >= 0.3 is 0 Å². The molecule has 0 saturated heterocycles. The van der Waals surface area contributed by atoms with Gasteiger partial charge < -0.3 is 9.72 Å². The van der Waals surface area contributed by atoms with E-state index in [4.69, 9.17) is 4.74 Å². The highest BCUT2D eigenvalue weighted by Gasteiger charge is 2.40. The lowest BCUT2D eigenvalue weighted by atomic mass is 9.75. The van der Waals surface area contributed by atoms with Crippen LogP contribution in [-0.4, -0.2) is 10.8 Å². The van der Waals surface area contributed by atoms with Crippen molar-refractivity contribution in [3.05, 3.63) is 87.4 Å². The van der Waals surface area contributed by atoms with Gasteiger partial charge in [0.25, 0.3) is 5.56 Å². The molecular weight excluding hydrogens is 338 g/mol. The van der Waals surface area contributed by atoms with Crippen LogP contribution in [0.25, 0.3) is 10.9 Å². The summed E-state index contributed by atoms with van der Waals surface area (Å²) in [7, 11) is 0.